The molecule has 1 aromatic heterocycles. The number of nitrogens with zero attached hydrogens (tertiary/aromatic N) is 4. The van der Waals surface area contributed by atoms with Gasteiger partial charge in [-0.3, -0.25) is 9.59 Å². The monoisotopic (exact) mass is 513 g/mol. The molecule has 0 saturated carbocycles. The minimum absolute atomic E-state index is 0.102. The molecule has 14 nitrogen and oxygen atoms in total. The van der Waals surface area contributed by atoms with Gasteiger partial charge in [0.2, 0.25) is 11.9 Å². The van der Waals surface area contributed by atoms with Crippen LogP contribution in [-0.2, 0) is 25.7 Å². The fourth-order valence-corrected chi connectivity index (χ4v) is 3.46. The number of ether oxygens (including phenoxy) is 1. The molecule has 2 aromatic rings. The SMILES string of the molecule is CC(=O)N(C[C@H](NC(=O)OCc1ccccc1)C(=O)O)N1C(=O)N[C@@H](CCCNc2ncccn2)C1=O. The van der Waals surface area contributed by atoms with Crippen molar-refractivity contribution in [2.75, 3.05) is 18.4 Å². The van der Waals surface area contributed by atoms with Gasteiger partial charge in [0.15, 0.2) is 0 Å². The topological polar surface area (TPSA) is 183 Å². The highest BCUT2D eigenvalue weighted by Crippen LogP contribution is 2.15. The number of urea groups is 1. The van der Waals surface area contributed by atoms with Gasteiger partial charge in [0.25, 0.3) is 5.91 Å². The van der Waals surface area contributed by atoms with E-state index in [2.05, 4.69) is 25.9 Å². The Labute approximate surface area is 212 Å². The second-order valence-corrected chi connectivity index (χ2v) is 7.99. The van der Waals surface area contributed by atoms with Gasteiger partial charge in [-0.15, -0.1) is 0 Å². The van der Waals surface area contributed by atoms with Crippen LogP contribution in [0.15, 0.2) is 48.8 Å². The van der Waals surface area contributed by atoms with E-state index in [4.69, 9.17) is 4.74 Å². The Morgan fingerprint density at radius 2 is 1.86 bits per heavy atom. The van der Waals surface area contributed by atoms with E-state index in [9.17, 15) is 29.1 Å². The van der Waals surface area contributed by atoms with Crippen LogP contribution in [0.25, 0.3) is 0 Å². The highest BCUT2D eigenvalue weighted by molar-refractivity contribution is 6.05. The average Bonchev–Trinajstić information content (AvgIpc) is 3.16. The number of aromatic nitrogens is 2. The van der Waals surface area contributed by atoms with E-state index in [1.165, 1.54) is 0 Å². The van der Waals surface area contributed by atoms with Crippen molar-refractivity contribution in [2.24, 2.45) is 0 Å². The third-order valence-corrected chi connectivity index (χ3v) is 5.28. The van der Waals surface area contributed by atoms with Crippen molar-refractivity contribution in [2.45, 2.75) is 38.5 Å². The zero-order chi connectivity index (χ0) is 26.8. The predicted octanol–water partition coefficient (Wildman–Crippen LogP) is 0.732. The Morgan fingerprint density at radius 3 is 2.51 bits per heavy atom. The minimum atomic E-state index is -1.65. The molecular weight excluding hydrogens is 486 g/mol. The third-order valence-electron chi connectivity index (χ3n) is 5.28. The maximum absolute atomic E-state index is 12.9. The number of hydrogen-bond acceptors (Lipinski definition) is 9. The smallest absolute Gasteiger partial charge is 0.408 e. The maximum atomic E-state index is 12.9. The fraction of sp³-hybridized carbons (Fsp3) is 0.348. The molecule has 0 aliphatic carbocycles. The largest absolute Gasteiger partial charge is 0.480 e. The number of anilines is 1. The number of imide groups is 1. The van der Waals surface area contributed by atoms with Gasteiger partial charge >= 0.3 is 18.1 Å². The molecule has 3 rings (SSSR count). The van der Waals surface area contributed by atoms with Crippen LogP contribution in [0.5, 0.6) is 0 Å². The van der Waals surface area contributed by atoms with Crippen molar-refractivity contribution in [3.8, 4) is 0 Å². The molecule has 1 fully saturated rings. The van der Waals surface area contributed by atoms with Crippen LogP contribution < -0.4 is 16.0 Å². The number of hydrazine groups is 1. The summed E-state index contributed by atoms with van der Waals surface area (Å²) in [5.74, 6) is -2.55. The molecule has 2 heterocycles. The second-order valence-electron chi connectivity index (χ2n) is 7.99. The molecule has 0 bridgehead atoms. The lowest BCUT2D eigenvalue weighted by Gasteiger charge is -2.30. The first-order valence-electron chi connectivity index (χ1n) is 11.4. The fourth-order valence-electron chi connectivity index (χ4n) is 3.46. The summed E-state index contributed by atoms with van der Waals surface area (Å²) in [6.45, 7) is 0.722. The molecule has 37 heavy (non-hydrogen) atoms. The van der Waals surface area contributed by atoms with Gasteiger partial charge in [-0.25, -0.2) is 29.4 Å². The molecular formula is C23H27N7O7. The van der Waals surface area contributed by atoms with Gasteiger partial charge in [0, 0.05) is 25.9 Å². The highest BCUT2D eigenvalue weighted by atomic mass is 16.5. The number of alkyl carbamates (subject to hydrolysis) is 1. The van der Waals surface area contributed by atoms with Crippen LogP contribution in [-0.4, -0.2) is 80.2 Å². The van der Waals surface area contributed by atoms with Crippen LogP contribution in [0.4, 0.5) is 15.5 Å². The number of carboxylic acid groups (broad SMARTS) is 1. The Morgan fingerprint density at radius 1 is 1.16 bits per heavy atom. The van der Waals surface area contributed by atoms with E-state index in [1.54, 1.807) is 48.8 Å². The molecule has 1 aliphatic rings. The van der Waals surface area contributed by atoms with Gasteiger partial charge in [-0.1, -0.05) is 30.3 Å². The maximum Gasteiger partial charge on any atom is 0.408 e. The van der Waals surface area contributed by atoms with Gasteiger partial charge < -0.3 is 25.8 Å². The number of carbonyl (C=O) groups excluding carboxylic acids is 4. The summed E-state index contributed by atoms with van der Waals surface area (Å²) in [5, 5.41) is 18.4. The van der Waals surface area contributed by atoms with Crippen LogP contribution in [0, 0.1) is 0 Å². The second kappa shape index (κ2) is 12.8. The standard InChI is InChI=1S/C23H27N7O7/c1-15(31)29(13-18(20(33)34)28-23(36)37-14-16-7-3-2-4-8-16)30-19(32)17(27-22(30)35)9-5-10-24-21-25-11-6-12-26-21/h2-4,6-8,11-12,17-18H,5,9-10,13-14H2,1H3,(H,27,35)(H,28,36)(H,33,34)(H,24,25,26)/t17-,18-/m0/s1. The first-order chi connectivity index (χ1) is 17.8. The number of hydrogen-bond donors (Lipinski definition) is 4. The highest BCUT2D eigenvalue weighted by Gasteiger charge is 2.43. The Hall–Kier alpha value is -4.75. The normalized spacial score (nSPS) is 15.5. The number of amides is 5. The van der Waals surface area contributed by atoms with Crippen LogP contribution in [0.1, 0.15) is 25.3 Å². The summed E-state index contributed by atoms with van der Waals surface area (Å²) in [4.78, 5) is 69.7. The number of carboxylic acids is 1. The van der Waals surface area contributed by atoms with E-state index >= 15 is 0 Å². The van der Waals surface area contributed by atoms with Crippen LogP contribution in [0.2, 0.25) is 0 Å². The first-order valence-corrected chi connectivity index (χ1v) is 11.4. The van der Waals surface area contributed by atoms with E-state index < -0.39 is 48.5 Å². The van der Waals surface area contributed by atoms with E-state index in [-0.39, 0.29) is 13.0 Å². The molecule has 1 aromatic carbocycles. The summed E-state index contributed by atoms with van der Waals surface area (Å²) < 4.78 is 5.03. The van der Waals surface area contributed by atoms with Gasteiger partial charge in [0.05, 0.1) is 6.54 Å². The van der Waals surface area contributed by atoms with E-state index in [0.29, 0.717) is 34.5 Å². The predicted molar refractivity (Wildman–Crippen MR) is 127 cm³/mol. The Kier molecular flexibility index (Phi) is 9.29. The number of carbonyl (C=O) groups is 5. The van der Waals surface area contributed by atoms with Crippen molar-refractivity contribution >= 4 is 35.9 Å². The molecule has 14 heteroatoms. The van der Waals surface area contributed by atoms with Gasteiger partial charge in [-0.2, -0.15) is 5.01 Å². The number of benzene rings is 1. The number of rotatable bonds is 12. The average molecular weight is 514 g/mol. The van der Waals surface area contributed by atoms with Crippen LogP contribution >= 0.6 is 0 Å². The lowest BCUT2D eigenvalue weighted by molar-refractivity contribution is -0.156. The zero-order valence-corrected chi connectivity index (χ0v) is 20.0. The molecule has 2 atom stereocenters. The molecule has 1 aliphatic heterocycles. The summed E-state index contributed by atoms with van der Waals surface area (Å²) in [5.41, 5.74) is 0.687. The zero-order valence-electron chi connectivity index (χ0n) is 20.0. The Balaban J connectivity index is 1.56. The van der Waals surface area contributed by atoms with Crippen molar-refractivity contribution in [1.29, 1.82) is 0 Å². The molecule has 0 spiro atoms. The summed E-state index contributed by atoms with van der Waals surface area (Å²) in [6, 6.07) is 6.96. The van der Waals surface area contributed by atoms with Crippen molar-refractivity contribution in [3.05, 3.63) is 54.4 Å². The summed E-state index contributed by atoms with van der Waals surface area (Å²) >= 11 is 0. The molecule has 4 N–H and O–H groups in total. The van der Waals surface area contributed by atoms with Crippen molar-refractivity contribution in [3.63, 3.8) is 0 Å². The van der Waals surface area contributed by atoms with E-state index in [1.807, 2.05) is 0 Å². The van der Waals surface area contributed by atoms with E-state index in [0.717, 1.165) is 6.92 Å². The minimum Gasteiger partial charge on any atom is -0.480 e. The number of aliphatic carboxylic acids is 1. The first kappa shape index (κ1) is 26.8. The lowest BCUT2D eigenvalue weighted by Crippen LogP contribution is -2.57. The summed E-state index contributed by atoms with van der Waals surface area (Å²) in [6.07, 6.45) is 2.83. The molecule has 196 valence electrons. The van der Waals surface area contributed by atoms with Gasteiger partial charge in [-0.05, 0) is 24.5 Å². The molecule has 1 saturated heterocycles. The third kappa shape index (κ3) is 7.62. The van der Waals surface area contributed by atoms with Crippen molar-refractivity contribution in [1.82, 2.24) is 30.6 Å². The Bertz CT molecular complexity index is 1120. The summed E-state index contributed by atoms with van der Waals surface area (Å²) in [7, 11) is 0. The molecule has 0 radical (unpaired) electrons. The lowest BCUT2D eigenvalue weighted by atomic mass is 10.1. The van der Waals surface area contributed by atoms with Gasteiger partial charge in [0.1, 0.15) is 18.7 Å². The quantitative estimate of drug-likeness (QED) is 0.233. The molecule has 0 unspecified atom stereocenters. The van der Waals surface area contributed by atoms with Crippen LogP contribution in [0.3, 0.4) is 0 Å². The van der Waals surface area contributed by atoms with Crippen molar-refractivity contribution < 1.29 is 33.8 Å². The molecule has 5 amide bonds. The number of nitrogens with one attached hydrogen (secondary N) is 3.